The Kier molecular flexibility index (Phi) is 22.8. The quantitative estimate of drug-likeness (QED) is 0.0455. The molecule has 0 saturated heterocycles. The van der Waals surface area contributed by atoms with Crippen LogP contribution in [0.25, 0.3) is 0 Å². The van der Waals surface area contributed by atoms with E-state index >= 15 is 0 Å². The van der Waals surface area contributed by atoms with E-state index in [1.807, 2.05) is 0 Å². The molecule has 55 heavy (non-hydrogen) atoms. The van der Waals surface area contributed by atoms with E-state index in [2.05, 4.69) is 36.9 Å². The Morgan fingerprint density at radius 1 is 0.491 bits per heavy atom. The van der Waals surface area contributed by atoms with Crippen LogP contribution in [0.4, 0.5) is 24.0 Å². The number of guanidine groups is 1. The summed E-state index contributed by atoms with van der Waals surface area (Å²) in [5.74, 6) is -0.413. The second-order valence-electron chi connectivity index (χ2n) is 16.8. The van der Waals surface area contributed by atoms with Crippen LogP contribution >= 0.6 is 0 Å². The van der Waals surface area contributed by atoms with Crippen molar-refractivity contribution in [3.05, 3.63) is 0 Å². The SMILES string of the molecule is CC(C)(C)OC(=O)NCCCN(CCCCNC(=O)CNC(=O)NCCCCCCN=C(NC(=O)OC(C)(C)C)NC(=O)OC(C)(C)C)C(=O)OC(C)(C)C. The Morgan fingerprint density at radius 3 is 1.49 bits per heavy atom. The van der Waals surface area contributed by atoms with Gasteiger partial charge in [-0.2, -0.15) is 0 Å². The zero-order valence-corrected chi connectivity index (χ0v) is 35.4. The van der Waals surface area contributed by atoms with Crippen molar-refractivity contribution < 1.29 is 47.7 Å². The van der Waals surface area contributed by atoms with Gasteiger partial charge < -0.3 is 45.1 Å². The van der Waals surface area contributed by atoms with Gasteiger partial charge in [0.05, 0.1) is 6.54 Å². The molecule has 6 N–H and O–H groups in total. The zero-order valence-electron chi connectivity index (χ0n) is 35.4. The highest BCUT2D eigenvalue weighted by Crippen LogP contribution is 2.12. The molecule has 0 atom stereocenters. The molecule has 0 aromatic carbocycles. The summed E-state index contributed by atoms with van der Waals surface area (Å²) < 4.78 is 21.2. The number of ether oxygens (including phenoxy) is 4. The third-order valence-electron chi connectivity index (χ3n) is 6.39. The standard InChI is InChI=1S/C37H70N8O10/c1-34(2,3)52-30(48)41-23-19-25-45(33(51)55-37(10,11)12)24-18-17-20-38-27(46)26-42-29(47)40-22-16-14-13-15-21-39-28(43-31(49)53-35(4,5)6)44-32(50)54-36(7,8)9/h13-26H2,1-12H3,(H,38,46)(H,41,48)(H2,40,42,47)(H2,39,43,44,49,50). The average Bonchev–Trinajstić information content (AvgIpc) is 2.98. The van der Waals surface area contributed by atoms with Crippen LogP contribution < -0.4 is 31.9 Å². The van der Waals surface area contributed by atoms with Crippen molar-refractivity contribution in [2.75, 3.05) is 45.8 Å². The van der Waals surface area contributed by atoms with E-state index in [1.54, 1.807) is 88.0 Å². The molecular weight excluding hydrogens is 716 g/mol. The first kappa shape index (κ1) is 50.5. The molecule has 0 fully saturated rings. The number of unbranched alkanes of at least 4 members (excludes halogenated alkanes) is 4. The number of urea groups is 1. The minimum atomic E-state index is -0.761. The fourth-order valence-electron chi connectivity index (χ4n) is 4.23. The Bertz CT molecular complexity index is 1220. The Labute approximate surface area is 327 Å². The molecule has 18 heteroatoms. The molecule has 0 radical (unpaired) electrons. The number of aliphatic imine (C=N–C) groups is 1. The first-order valence-electron chi connectivity index (χ1n) is 19.0. The Balaban J connectivity index is 4.42. The van der Waals surface area contributed by atoms with E-state index in [4.69, 9.17) is 18.9 Å². The molecule has 0 aromatic rings. The molecule has 0 spiro atoms. The first-order chi connectivity index (χ1) is 25.2. The summed E-state index contributed by atoms with van der Waals surface area (Å²) in [6.45, 7) is 23.0. The number of carbonyl (C=O) groups is 6. The van der Waals surface area contributed by atoms with Crippen LogP contribution in [0.5, 0.6) is 0 Å². The molecule has 0 aliphatic carbocycles. The van der Waals surface area contributed by atoms with Crippen LogP contribution in [0.3, 0.4) is 0 Å². The summed E-state index contributed by atoms with van der Waals surface area (Å²) in [7, 11) is 0. The van der Waals surface area contributed by atoms with Crippen LogP contribution in [0.15, 0.2) is 4.99 Å². The van der Waals surface area contributed by atoms with Gasteiger partial charge in [-0.25, -0.2) is 24.0 Å². The van der Waals surface area contributed by atoms with E-state index < -0.39 is 52.8 Å². The average molecular weight is 787 g/mol. The maximum absolute atomic E-state index is 12.7. The van der Waals surface area contributed by atoms with Crippen molar-refractivity contribution in [3.8, 4) is 0 Å². The second-order valence-corrected chi connectivity index (χ2v) is 16.8. The van der Waals surface area contributed by atoms with Crippen LogP contribution in [0, 0.1) is 0 Å². The summed E-state index contributed by atoms with van der Waals surface area (Å²) in [4.78, 5) is 79.3. The molecule has 18 nitrogen and oxygen atoms in total. The van der Waals surface area contributed by atoms with Crippen LogP contribution in [0.1, 0.15) is 128 Å². The van der Waals surface area contributed by atoms with Gasteiger partial charge in [0.1, 0.15) is 22.4 Å². The first-order valence-corrected chi connectivity index (χ1v) is 19.0. The summed E-state index contributed by atoms with van der Waals surface area (Å²) in [6, 6.07) is -0.458. The smallest absolute Gasteiger partial charge is 0.414 e. The lowest BCUT2D eigenvalue weighted by Crippen LogP contribution is -2.47. The van der Waals surface area contributed by atoms with E-state index in [0.29, 0.717) is 71.4 Å². The zero-order chi connectivity index (χ0) is 42.3. The van der Waals surface area contributed by atoms with E-state index in [1.165, 1.54) is 0 Å². The number of nitrogens with zero attached hydrogens (tertiary/aromatic N) is 2. The van der Waals surface area contributed by atoms with Crippen molar-refractivity contribution in [3.63, 3.8) is 0 Å². The fourth-order valence-corrected chi connectivity index (χ4v) is 4.23. The highest BCUT2D eigenvalue weighted by molar-refractivity contribution is 6.01. The van der Waals surface area contributed by atoms with Gasteiger partial charge in [0.15, 0.2) is 0 Å². The monoisotopic (exact) mass is 787 g/mol. The van der Waals surface area contributed by atoms with Gasteiger partial charge in [-0.1, -0.05) is 12.8 Å². The van der Waals surface area contributed by atoms with Gasteiger partial charge in [0.2, 0.25) is 11.9 Å². The number of nitrogens with one attached hydrogen (secondary N) is 6. The van der Waals surface area contributed by atoms with Crippen molar-refractivity contribution in [2.24, 2.45) is 4.99 Å². The Hall–Kier alpha value is -4.51. The van der Waals surface area contributed by atoms with Gasteiger partial charge in [0.25, 0.3) is 0 Å². The number of hydrogen-bond donors (Lipinski definition) is 6. The van der Waals surface area contributed by atoms with Gasteiger partial charge in [-0.15, -0.1) is 0 Å². The van der Waals surface area contributed by atoms with Gasteiger partial charge in [0, 0.05) is 39.3 Å². The number of amides is 7. The number of alkyl carbamates (subject to hydrolysis) is 3. The normalized spacial score (nSPS) is 11.6. The largest absolute Gasteiger partial charge is 0.444 e. The predicted molar refractivity (Wildman–Crippen MR) is 210 cm³/mol. The minimum absolute atomic E-state index is 0.0751. The molecule has 0 aromatic heterocycles. The number of hydrogen-bond acceptors (Lipinski definition) is 11. The molecule has 0 aliphatic rings. The lowest BCUT2D eigenvalue weighted by Gasteiger charge is -2.27. The van der Waals surface area contributed by atoms with Crippen LogP contribution in [0.2, 0.25) is 0 Å². The van der Waals surface area contributed by atoms with Crippen molar-refractivity contribution in [1.82, 2.24) is 36.8 Å². The molecule has 0 saturated carbocycles. The topological polar surface area (TPSA) is 227 Å². The predicted octanol–water partition coefficient (Wildman–Crippen LogP) is 5.30. The summed E-state index contributed by atoms with van der Waals surface area (Å²) in [5.41, 5.74) is -2.73. The number of rotatable bonds is 18. The highest BCUT2D eigenvalue weighted by atomic mass is 16.6. The molecule has 318 valence electrons. The maximum Gasteiger partial charge on any atom is 0.414 e. The lowest BCUT2D eigenvalue weighted by atomic mass is 10.2. The second kappa shape index (κ2) is 24.8. The van der Waals surface area contributed by atoms with Crippen molar-refractivity contribution in [1.29, 1.82) is 0 Å². The third kappa shape index (κ3) is 32.6. The molecule has 0 unspecified atom stereocenters. The van der Waals surface area contributed by atoms with Crippen molar-refractivity contribution in [2.45, 2.75) is 150 Å². The third-order valence-corrected chi connectivity index (χ3v) is 6.39. The molecule has 0 bridgehead atoms. The highest BCUT2D eigenvalue weighted by Gasteiger charge is 2.23. The van der Waals surface area contributed by atoms with Crippen molar-refractivity contribution >= 4 is 42.3 Å². The molecule has 7 amide bonds. The summed E-state index contributed by atoms with van der Waals surface area (Å²) in [6.07, 6.45) is 2.14. The Morgan fingerprint density at radius 2 is 0.945 bits per heavy atom. The fraction of sp³-hybridized carbons (Fsp3) is 0.811. The summed E-state index contributed by atoms with van der Waals surface area (Å²) >= 11 is 0. The summed E-state index contributed by atoms with van der Waals surface area (Å²) in [5, 5.41) is 15.6. The van der Waals surface area contributed by atoms with E-state index in [-0.39, 0.29) is 18.4 Å². The molecular formula is C37H70N8O10. The van der Waals surface area contributed by atoms with E-state index in [0.717, 1.165) is 12.8 Å². The van der Waals surface area contributed by atoms with E-state index in [9.17, 15) is 28.8 Å². The molecule has 0 aliphatic heterocycles. The van der Waals surface area contributed by atoms with Gasteiger partial charge >= 0.3 is 30.4 Å². The minimum Gasteiger partial charge on any atom is -0.444 e. The van der Waals surface area contributed by atoms with Crippen LogP contribution in [-0.4, -0.2) is 115 Å². The van der Waals surface area contributed by atoms with Crippen LogP contribution in [-0.2, 0) is 23.7 Å². The van der Waals surface area contributed by atoms with Gasteiger partial charge in [-0.3, -0.25) is 20.4 Å². The van der Waals surface area contributed by atoms with Gasteiger partial charge in [-0.05, 0) is 115 Å². The molecule has 0 rings (SSSR count). The maximum atomic E-state index is 12.7. The lowest BCUT2D eigenvalue weighted by molar-refractivity contribution is -0.120. The number of carbonyl (C=O) groups excluding carboxylic acids is 6. The molecule has 0 heterocycles.